The van der Waals surface area contributed by atoms with E-state index in [-0.39, 0.29) is 23.0 Å². The lowest BCUT2D eigenvalue weighted by atomic mass is 10.2. The Morgan fingerprint density at radius 3 is 2.48 bits per heavy atom. The van der Waals surface area contributed by atoms with Gasteiger partial charge < -0.3 is 5.73 Å². The van der Waals surface area contributed by atoms with Gasteiger partial charge >= 0.3 is 0 Å². The Kier molecular flexibility index (Phi) is 5.24. The van der Waals surface area contributed by atoms with Crippen molar-refractivity contribution in [2.75, 3.05) is 0 Å². The van der Waals surface area contributed by atoms with Gasteiger partial charge in [0.25, 0.3) is 0 Å². The molecule has 0 saturated heterocycles. The molecule has 4 nitrogen and oxygen atoms in total. The van der Waals surface area contributed by atoms with Gasteiger partial charge in [0.15, 0.2) is 0 Å². The maximum absolute atomic E-state index is 12.3. The highest BCUT2D eigenvalue weighted by Gasteiger charge is 2.18. The highest BCUT2D eigenvalue weighted by Crippen LogP contribution is 2.23. The molecule has 0 aromatic heterocycles. The predicted molar refractivity (Wildman–Crippen MR) is 84.8 cm³/mol. The number of nitrogens with two attached hydrogens (primary N) is 1. The molecule has 0 fully saturated rings. The van der Waals surface area contributed by atoms with Crippen LogP contribution in [-0.4, -0.2) is 8.42 Å². The summed E-state index contributed by atoms with van der Waals surface area (Å²) in [7, 11) is -3.72. The molecule has 112 valence electrons. The second-order valence-corrected chi connectivity index (χ2v) is 7.00. The van der Waals surface area contributed by atoms with Crippen molar-refractivity contribution < 1.29 is 8.42 Å². The van der Waals surface area contributed by atoms with Crippen LogP contribution in [0.25, 0.3) is 0 Å². The lowest BCUT2D eigenvalue weighted by Crippen LogP contribution is -2.23. The van der Waals surface area contributed by atoms with Crippen LogP contribution in [0.2, 0.25) is 10.0 Å². The molecule has 0 atom stereocenters. The Bertz CT molecular complexity index is 748. The summed E-state index contributed by atoms with van der Waals surface area (Å²) >= 11 is 11.8. The summed E-state index contributed by atoms with van der Waals surface area (Å²) in [6.07, 6.45) is 0. The van der Waals surface area contributed by atoms with Crippen molar-refractivity contribution in [3.8, 4) is 0 Å². The molecule has 0 spiro atoms. The number of rotatable bonds is 5. The third-order valence-corrected chi connectivity index (χ3v) is 4.99. The normalized spacial score (nSPS) is 11.6. The van der Waals surface area contributed by atoms with Gasteiger partial charge in [0.2, 0.25) is 10.0 Å². The smallest absolute Gasteiger partial charge is 0.242 e. The molecule has 7 heteroatoms. The van der Waals surface area contributed by atoms with Crippen molar-refractivity contribution >= 4 is 33.2 Å². The fourth-order valence-corrected chi connectivity index (χ4v) is 3.56. The molecule has 0 unspecified atom stereocenters. The zero-order chi connectivity index (χ0) is 15.5. The second kappa shape index (κ2) is 6.77. The van der Waals surface area contributed by atoms with E-state index in [1.165, 1.54) is 12.1 Å². The fourth-order valence-electron chi connectivity index (χ4n) is 1.78. The van der Waals surface area contributed by atoms with Gasteiger partial charge in [-0.1, -0.05) is 41.4 Å². The first-order valence-corrected chi connectivity index (χ1v) is 8.39. The molecule has 2 aromatic rings. The van der Waals surface area contributed by atoms with Gasteiger partial charge in [0.1, 0.15) is 4.90 Å². The second-order valence-electron chi connectivity index (χ2n) is 4.42. The molecule has 0 aliphatic rings. The van der Waals surface area contributed by atoms with E-state index in [2.05, 4.69) is 4.72 Å². The van der Waals surface area contributed by atoms with Crippen LogP contribution in [0.5, 0.6) is 0 Å². The van der Waals surface area contributed by atoms with Gasteiger partial charge in [-0.3, -0.25) is 0 Å². The maximum atomic E-state index is 12.3. The summed E-state index contributed by atoms with van der Waals surface area (Å²) in [4.78, 5) is 0.0224. The van der Waals surface area contributed by atoms with Crippen molar-refractivity contribution in [3.05, 3.63) is 63.6 Å². The molecular weight excluding hydrogens is 331 g/mol. The van der Waals surface area contributed by atoms with E-state index in [1.807, 2.05) is 0 Å². The van der Waals surface area contributed by atoms with Crippen molar-refractivity contribution in [1.29, 1.82) is 0 Å². The number of sulfonamides is 1. The number of nitrogens with one attached hydrogen (secondary N) is 1. The van der Waals surface area contributed by atoms with Crippen LogP contribution in [0, 0.1) is 0 Å². The first-order chi connectivity index (χ1) is 9.92. The minimum absolute atomic E-state index is 0.0224. The molecule has 0 bridgehead atoms. The summed E-state index contributed by atoms with van der Waals surface area (Å²) in [6.45, 7) is 0.375. The molecule has 0 saturated carbocycles. The van der Waals surface area contributed by atoms with Gasteiger partial charge in [0, 0.05) is 18.1 Å². The third kappa shape index (κ3) is 4.18. The van der Waals surface area contributed by atoms with E-state index >= 15 is 0 Å². The van der Waals surface area contributed by atoms with Crippen molar-refractivity contribution in [2.45, 2.75) is 18.0 Å². The van der Waals surface area contributed by atoms with Crippen molar-refractivity contribution in [2.24, 2.45) is 5.73 Å². The molecule has 2 aromatic carbocycles. The third-order valence-electron chi connectivity index (χ3n) is 2.88. The molecule has 0 radical (unpaired) electrons. The molecule has 2 rings (SSSR count). The molecule has 0 aliphatic heterocycles. The van der Waals surface area contributed by atoms with Crippen LogP contribution in [0.4, 0.5) is 0 Å². The van der Waals surface area contributed by atoms with Crippen LogP contribution in [0.15, 0.2) is 47.4 Å². The van der Waals surface area contributed by atoms with E-state index in [0.29, 0.717) is 10.6 Å². The van der Waals surface area contributed by atoms with Crippen LogP contribution in [0.3, 0.4) is 0 Å². The van der Waals surface area contributed by atoms with Crippen molar-refractivity contribution in [1.82, 2.24) is 4.72 Å². The molecule has 3 N–H and O–H groups in total. The highest BCUT2D eigenvalue weighted by molar-refractivity contribution is 7.89. The molecular formula is C14H14Cl2N2O2S. The molecule has 21 heavy (non-hydrogen) atoms. The predicted octanol–water partition coefficient (Wildman–Crippen LogP) is 2.93. The molecule has 0 amide bonds. The SMILES string of the molecule is NCc1ccc(Cl)c(S(=O)(=O)NCc2cccc(Cl)c2)c1. The van der Waals surface area contributed by atoms with Crippen molar-refractivity contribution in [3.63, 3.8) is 0 Å². The standard InChI is InChI=1S/C14H14Cl2N2O2S/c15-12-3-1-2-11(6-12)9-18-21(19,20)14-7-10(8-17)4-5-13(14)16/h1-7,18H,8-9,17H2. The quantitative estimate of drug-likeness (QED) is 0.875. The fraction of sp³-hybridized carbons (Fsp3) is 0.143. The Hall–Kier alpha value is -1.11. The van der Waals surface area contributed by atoms with E-state index in [0.717, 1.165) is 5.56 Å². The summed E-state index contributed by atoms with van der Waals surface area (Å²) in [5.41, 5.74) is 6.98. The first kappa shape index (κ1) is 16.3. The Labute approximate surface area is 133 Å². The number of halogens is 2. The topological polar surface area (TPSA) is 72.2 Å². The summed E-state index contributed by atoms with van der Waals surface area (Å²) in [5.74, 6) is 0. The lowest BCUT2D eigenvalue weighted by Gasteiger charge is -2.10. The van der Waals surface area contributed by atoms with Gasteiger partial charge in [-0.15, -0.1) is 0 Å². The number of hydrogen-bond acceptors (Lipinski definition) is 3. The van der Waals surface area contributed by atoms with Crippen LogP contribution >= 0.6 is 23.2 Å². The maximum Gasteiger partial charge on any atom is 0.242 e. The Morgan fingerprint density at radius 2 is 1.81 bits per heavy atom. The van der Waals surface area contributed by atoms with Crippen LogP contribution in [-0.2, 0) is 23.1 Å². The van der Waals surface area contributed by atoms with E-state index in [4.69, 9.17) is 28.9 Å². The van der Waals surface area contributed by atoms with E-state index in [9.17, 15) is 8.42 Å². The molecule has 0 aliphatic carbocycles. The minimum Gasteiger partial charge on any atom is -0.326 e. The van der Waals surface area contributed by atoms with Gasteiger partial charge in [-0.2, -0.15) is 0 Å². The van der Waals surface area contributed by atoms with E-state index < -0.39 is 10.0 Å². The highest BCUT2D eigenvalue weighted by atomic mass is 35.5. The zero-order valence-corrected chi connectivity index (χ0v) is 13.3. The van der Waals surface area contributed by atoms with Gasteiger partial charge in [-0.25, -0.2) is 13.1 Å². The largest absolute Gasteiger partial charge is 0.326 e. The first-order valence-electron chi connectivity index (χ1n) is 6.15. The summed E-state index contributed by atoms with van der Waals surface area (Å²) in [5, 5.41) is 0.709. The lowest BCUT2D eigenvalue weighted by molar-refractivity contribution is 0.581. The number of benzene rings is 2. The average Bonchev–Trinajstić information content (AvgIpc) is 2.46. The van der Waals surface area contributed by atoms with Gasteiger partial charge in [0.05, 0.1) is 5.02 Å². The Balaban J connectivity index is 2.22. The van der Waals surface area contributed by atoms with Gasteiger partial charge in [-0.05, 0) is 35.4 Å². The zero-order valence-electron chi connectivity index (χ0n) is 11.0. The number of hydrogen-bond donors (Lipinski definition) is 2. The molecule has 0 heterocycles. The Morgan fingerprint density at radius 1 is 1.05 bits per heavy atom. The monoisotopic (exact) mass is 344 g/mol. The van der Waals surface area contributed by atoms with Crippen LogP contribution < -0.4 is 10.5 Å². The minimum atomic E-state index is -3.72. The van der Waals surface area contributed by atoms with Crippen LogP contribution in [0.1, 0.15) is 11.1 Å². The van der Waals surface area contributed by atoms with E-state index in [1.54, 1.807) is 30.3 Å². The summed E-state index contributed by atoms with van der Waals surface area (Å²) < 4.78 is 27.1. The summed E-state index contributed by atoms with van der Waals surface area (Å²) in [6, 6.07) is 11.7. The average molecular weight is 345 g/mol.